The minimum Gasteiger partial charge on any atom is -0.399 e. The van der Waals surface area contributed by atoms with E-state index in [1.165, 1.54) is 0 Å². The Morgan fingerprint density at radius 1 is 0.963 bits per heavy atom. The molecule has 1 amide bonds. The van der Waals surface area contributed by atoms with E-state index in [4.69, 9.17) is 16.6 Å². The lowest BCUT2D eigenvalue weighted by atomic mass is 10.1. The fraction of sp³-hybridized carbons (Fsp3) is 0.143. The van der Waals surface area contributed by atoms with Crippen molar-refractivity contribution in [3.8, 4) is 23.7 Å². The molecule has 0 saturated heterocycles. The first kappa shape index (κ1) is 19.7. The molecule has 1 atom stereocenters. The van der Waals surface area contributed by atoms with Gasteiger partial charge in [0.25, 0.3) is 5.91 Å². The Labute approximate surface area is 157 Å². The number of aliphatic hydroxyl groups is 1. The molecule has 0 aromatic heterocycles. The predicted octanol–water partition coefficient (Wildman–Crippen LogP) is 0.290. The third-order valence-corrected chi connectivity index (χ3v) is 3.62. The first-order valence-electron chi connectivity index (χ1n) is 8.15. The second-order valence-corrected chi connectivity index (χ2v) is 5.59. The molecule has 0 aliphatic carbocycles. The van der Waals surface area contributed by atoms with Crippen LogP contribution in [0.2, 0.25) is 0 Å². The van der Waals surface area contributed by atoms with Gasteiger partial charge in [-0.25, -0.2) is 0 Å². The van der Waals surface area contributed by atoms with Gasteiger partial charge in [-0.2, -0.15) is 0 Å². The molecule has 0 heterocycles. The zero-order valence-electron chi connectivity index (χ0n) is 14.5. The van der Waals surface area contributed by atoms with Gasteiger partial charge in [0, 0.05) is 28.9 Å². The first-order chi connectivity index (χ1) is 13.0. The van der Waals surface area contributed by atoms with Crippen molar-refractivity contribution in [3.05, 3.63) is 65.2 Å². The van der Waals surface area contributed by atoms with E-state index in [1.54, 1.807) is 36.4 Å². The second kappa shape index (κ2) is 9.79. The van der Waals surface area contributed by atoms with Gasteiger partial charge in [-0.3, -0.25) is 9.59 Å². The third kappa shape index (κ3) is 6.02. The monoisotopic (exact) mass is 361 g/mol. The molecular weight excluding hydrogens is 342 g/mol. The van der Waals surface area contributed by atoms with Crippen LogP contribution in [-0.4, -0.2) is 36.0 Å². The van der Waals surface area contributed by atoms with Crippen LogP contribution in [0.1, 0.15) is 21.5 Å². The highest BCUT2D eigenvalue weighted by Crippen LogP contribution is 2.05. The van der Waals surface area contributed by atoms with E-state index in [0.29, 0.717) is 16.8 Å². The molecule has 6 N–H and O–H groups in total. The highest BCUT2D eigenvalue weighted by Gasteiger charge is 2.18. The SMILES string of the molecule is NC[C@H](NC(=O)c1ccc(C#CC#Cc2ccc(N)cc2)cc1)C(=O)CO. The van der Waals surface area contributed by atoms with Crippen LogP contribution in [0.3, 0.4) is 0 Å². The van der Waals surface area contributed by atoms with Gasteiger partial charge in [-0.05, 0) is 60.4 Å². The number of rotatable bonds is 5. The number of nitrogens with two attached hydrogens (primary N) is 2. The number of nitrogens with one attached hydrogen (secondary N) is 1. The molecule has 6 heteroatoms. The first-order valence-corrected chi connectivity index (χ1v) is 8.15. The quantitative estimate of drug-likeness (QED) is 0.451. The maximum absolute atomic E-state index is 12.1. The van der Waals surface area contributed by atoms with Gasteiger partial charge in [0.1, 0.15) is 12.6 Å². The van der Waals surface area contributed by atoms with Crippen molar-refractivity contribution in [2.24, 2.45) is 5.73 Å². The van der Waals surface area contributed by atoms with Crippen LogP contribution in [-0.2, 0) is 4.79 Å². The van der Waals surface area contributed by atoms with E-state index in [0.717, 1.165) is 5.56 Å². The lowest BCUT2D eigenvalue weighted by Gasteiger charge is -2.14. The summed E-state index contributed by atoms with van der Waals surface area (Å²) in [5.41, 5.74) is 13.6. The minimum atomic E-state index is -0.912. The summed E-state index contributed by atoms with van der Waals surface area (Å²) in [6.07, 6.45) is 0. The smallest absolute Gasteiger partial charge is 0.251 e. The molecule has 2 aromatic carbocycles. The van der Waals surface area contributed by atoms with Crippen LogP contribution >= 0.6 is 0 Å². The normalized spacial score (nSPS) is 10.6. The zero-order valence-corrected chi connectivity index (χ0v) is 14.5. The van der Waals surface area contributed by atoms with Crippen molar-refractivity contribution >= 4 is 17.4 Å². The number of Topliss-reactive ketones (excluding diaryl/α,β-unsaturated/α-hetero) is 1. The Morgan fingerprint density at radius 3 is 1.96 bits per heavy atom. The van der Waals surface area contributed by atoms with E-state index in [2.05, 4.69) is 29.0 Å². The van der Waals surface area contributed by atoms with Crippen LogP contribution < -0.4 is 16.8 Å². The van der Waals surface area contributed by atoms with E-state index in [-0.39, 0.29) is 6.54 Å². The van der Waals surface area contributed by atoms with Gasteiger partial charge in [0.15, 0.2) is 5.78 Å². The van der Waals surface area contributed by atoms with Crippen LogP contribution in [0.5, 0.6) is 0 Å². The van der Waals surface area contributed by atoms with Crippen LogP contribution in [0.15, 0.2) is 48.5 Å². The summed E-state index contributed by atoms with van der Waals surface area (Å²) in [5.74, 6) is 10.3. The van der Waals surface area contributed by atoms with Gasteiger partial charge in [-0.1, -0.05) is 11.8 Å². The molecule has 6 nitrogen and oxygen atoms in total. The fourth-order valence-corrected chi connectivity index (χ4v) is 2.10. The summed E-state index contributed by atoms with van der Waals surface area (Å²) in [7, 11) is 0. The number of anilines is 1. The number of carbonyl (C=O) groups is 2. The molecule has 0 bridgehead atoms. The molecule has 0 aliphatic heterocycles. The Kier molecular flexibility index (Phi) is 7.16. The molecule has 2 aromatic rings. The Morgan fingerprint density at radius 2 is 1.48 bits per heavy atom. The zero-order chi connectivity index (χ0) is 19.6. The van der Waals surface area contributed by atoms with Gasteiger partial charge in [0.05, 0.1) is 0 Å². The summed E-state index contributed by atoms with van der Waals surface area (Å²) in [6.45, 7) is -0.755. The molecular formula is C21H19N3O3. The van der Waals surface area contributed by atoms with Crippen molar-refractivity contribution < 1.29 is 14.7 Å². The predicted molar refractivity (Wildman–Crippen MR) is 103 cm³/mol. The summed E-state index contributed by atoms with van der Waals surface area (Å²) < 4.78 is 0. The summed E-state index contributed by atoms with van der Waals surface area (Å²) >= 11 is 0. The van der Waals surface area contributed by atoms with E-state index >= 15 is 0 Å². The van der Waals surface area contributed by atoms with Gasteiger partial charge < -0.3 is 21.9 Å². The van der Waals surface area contributed by atoms with Crippen molar-refractivity contribution in [1.29, 1.82) is 0 Å². The van der Waals surface area contributed by atoms with Crippen molar-refractivity contribution in [3.63, 3.8) is 0 Å². The molecule has 0 radical (unpaired) electrons. The lowest BCUT2D eigenvalue weighted by molar-refractivity contribution is -0.123. The Bertz CT molecular complexity index is 927. The lowest BCUT2D eigenvalue weighted by Crippen LogP contribution is -2.46. The number of carbonyl (C=O) groups excluding carboxylic acids is 2. The molecule has 0 saturated carbocycles. The van der Waals surface area contributed by atoms with Crippen LogP contribution in [0, 0.1) is 23.7 Å². The molecule has 0 spiro atoms. The molecule has 27 heavy (non-hydrogen) atoms. The summed E-state index contributed by atoms with van der Waals surface area (Å²) in [5, 5.41) is 11.3. The van der Waals surface area contributed by atoms with Crippen molar-refractivity contribution in [2.75, 3.05) is 18.9 Å². The van der Waals surface area contributed by atoms with E-state index in [9.17, 15) is 9.59 Å². The number of aliphatic hydroxyl groups excluding tert-OH is 1. The number of amides is 1. The number of benzene rings is 2. The average molecular weight is 361 g/mol. The Balaban J connectivity index is 2.00. The van der Waals surface area contributed by atoms with Gasteiger partial charge in [-0.15, -0.1) is 0 Å². The number of hydrogen-bond acceptors (Lipinski definition) is 5. The highest BCUT2D eigenvalue weighted by molar-refractivity contribution is 5.98. The minimum absolute atomic E-state index is 0.0820. The summed E-state index contributed by atoms with van der Waals surface area (Å²) in [6, 6.07) is 12.8. The average Bonchev–Trinajstić information content (AvgIpc) is 2.70. The molecule has 2 rings (SSSR count). The maximum atomic E-state index is 12.1. The standard InChI is InChI=1S/C21H19N3O3/c22-13-19(20(26)14-25)24-21(27)17-9-5-15(6-10-17)3-1-2-4-16-7-11-18(23)12-8-16/h5-12,19,25H,13-14,22-23H2,(H,24,27)/t19-/m0/s1. The van der Waals surface area contributed by atoms with Crippen molar-refractivity contribution in [1.82, 2.24) is 5.32 Å². The van der Waals surface area contributed by atoms with Crippen LogP contribution in [0.4, 0.5) is 5.69 Å². The third-order valence-electron chi connectivity index (χ3n) is 3.62. The largest absolute Gasteiger partial charge is 0.399 e. The topological polar surface area (TPSA) is 118 Å². The number of hydrogen-bond donors (Lipinski definition) is 4. The fourth-order valence-electron chi connectivity index (χ4n) is 2.10. The highest BCUT2D eigenvalue weighted by atomic mass is 16.3. The summed E-state index contributed by atoms with van der Waals surface area (Å²) in [4.78, 5) is 23.6. The van der Waals surface area contributed by atoms with E-state index < -0.39 is 24.3 Å². The van der Waals surface area contributed by atoms with Gasteiger partial charge >= 0.3 is 0 Å². The van der Waals surface area contributed by atoms with Gasteiger partial charge in [0.2, 0.25) is 0 Å². The van der Waals surface area contributed by atoms with Crippen LogP contribution in [0.25, 0.3) is 0 Å². The number of ketones is 1. The molecule has 0 aliphatic rings. The molecule has 136 valence electrons. The van der Waals surface area contributed by atoms with Crippen molar-refractivity contribution in [2.45, 2.75) is 6.04 Å². The Hall–Kier alpha value is -3.58. The second-order valence-electron chi connectivity index (χ2n) is 5.59. The maximum Gasteiger partial charge on any atom is 0.251 e. The van der Waals surface area contributed by atoms with E-state index in [1.807, 2.05) is 12.1 Å². The number of nitrogen functional groups attached to an aromatic ring is 1. The molecule has 0 fully saturated rings. The molecule has 0 unspecified atom stereocenters.